The minimum absolute atomic E-state index is 0.185. The van der Waals surface area contributed by atoms with Crippen LogP contribution in [0.5, 0.6) is 17.2 Å². The van der Waals surface area contributed by atoms with Crippen molar-refractivity contribution in [2.75, 3.05) is 25.1 Å². The van der Waals surface area contributed by atoms with Gasteiger partial charge in [-0.15, -0.1) is 0 Å². The number of amides is 1. The number of hydrogen-bond donors (Lipinski definition) is 2. The summed E-state index contributed by atoms with van der Waals surface area (Å²) in [7, 11) is 0. The number of anilines is 1. The zero-order valence-corrected chi connectivity index (χ0v) is 21.1. The van der Waals surface area contributed by atoms with E-state index in [1.165, 1.54) is 5.56 Å². The molecule has 0 saturated heterocycles. The largest absolute Gasteiger partial charge is 0.493 e. The van der Waals surface area contributed by atoms with E-state index in [2.05, 4.69) is 22.8 Å². The third-order valence-electron chi connectivity index (χ3n) is 5.28. The zero-order chi connectivity index (χ0) is 25.7. The average Bonchev–Trinajstić information content (AvgIpc) is 2.93. The van der Waals surface area contributed by atoms with E-state index in [1.807, 2.05) is 78.9 Å². The van der Waals surface area contributed by atoms with Crippen molar-refractivity contribution in [2.24, 2.45) is 0 Å². The van der Waals surface area contributed by atoms with Gasteiger partial charge in [-0.05, 0) is 60.2 Å². The summed E-state index contributed by atoms with van der Waals surface area (Å²) in [5.41, 5.74) is 2.35. The van der Waals surface area contributed by atoms with Gasteiger partial charge in [-0.25, -0.2) is 0 Å². The van der Waals surface area contributed by atoms with Gasteiger partial charge in [0.1, 0.15) is 30.5 Å². The van der Waals surface area contributed by atoms with Crippen LogP contribution in [-0.2, 0) is 6.42 Å². The summed E-state index contributed by atoms with van der Waals surface area (Å²) in [4.78, 5) is 12.7. The molecule has 0 aliphatic carbocycles. The SMILES string of the molecule is O=C(NC(=S)Nc1cccc(OCCOc2ccccc2)c1)c1cccc(OCCc2ccccc2)c1. The van der Waals surface area contributed by atoms with Crippen molar-refractivity contribution < 1.29 is 19.0 Å². The lowest BCUT2D eigenvalue weighted by atomic mass is 10.2. The molecule has 188 valence electrons. The van der Waals surface area contributed by atoms with Crippen LogP contribution in [0, 0.1) is 0 Å². The van der Waals surface area contributed by atoms with Crippen molar-refractivity contribution in [3.63, 3.8) is 0 Å². The molecule has 0 aromatic heterocycles. The number of thiocarbonyl (C=S) groups is 1. The fourth-order valence-corrected chi connectivity index (χ4v) is 3.71. The fraction of sp³-hybridized carbons (Fsp3) is 0.133. The Bertz CT molecular complexity index is 1300. The summed E-state index contributed by atoms with van der Waals surface area (Å²) >= 11 is 5.34. The number of para-hydroxylation sites is 1. The molecule has 0 aliphatic heterocycles. The van der Waals surface area contributed by atoms with Crippen molar-refractivity contribution in [3.05, 3.63) is 120 Å². The van der Waals surface area contributed by atoms with Crippen molar-refractivity contribution in [2.45, 2.75) is 6.42 Å². The van der Waals surface area contributed by atoms with Gasteiger partial charge in [-0.2, -0.15) is 0 Å². The molecule has 0 spiro atoms. The number of benzene rings is 4. The zero-order valence-electron chi connectivity index (χ0n) is 20.3. The summed E-state index contributed by atoms with van der Waals surface area (Å²) < 4.78 is 17.2. The molecule has 0 radical (unpaired) electrons. The Labute approximate surface area is 222 Å². The second kappa shape index (κ2) is 13.7. The Morgan fingerprint density at radius 2 is 1.24 bits per heavy atom. The fourth-order valence-electron chi connectivity index (χ4n) is 3.50. The molecule has 0 fully saturated rings. The molecule has 1 amide bonds. The lowest BCUT2D eigenvalue weighted by molar-refractivity contribution is 0.0977. The molecule has 2 N–H and O–H groups in total. The Morgan fingerprint density at radius 1 is 0.649 bits per heavy atom. The first-order valence-corrected chi connectivity index (χ1v) is 12.4. The van der Waals surface area contributed by atoms with E-state index in [9.17, 15) is 4.79 Å². The quantitative estimate of drug-likeness (QED) is 0.193. The van der Waals surface area contributed by atoms with Crippen LogP contribution < -0.4 is 24.8 Å². The van der Waals surface area contributed by atoms with Crippen LogP contribution in [0.2, 0.25) is 0 Å². The summed E-state index contributed by atoms with van der Waals surface area (Å²) in [5, 5.41) is 5.92. The van der Waals surface area contributed by atoms with Gasteiger partial charge in [-0.3, -0.25) is 10.1 Å². The molecule has 0 bridgehead atoms. The van der Waals surface area contributed by atoms with E-state index in [1.54, 1.807) is 18.2 Å². The van der Waals surface area contributed by atoms with Gasteiger partial charge >= 0.3 is 0 Å². The van der Waals surface area contributed by atoms with Crippen LogP contribution in [0.4, 0.5) is 5.69 Å². The molecule has 0 unspecified atom stereocenters. The highest BCUT2D eigenvalue weighted by atomic mass is 32.1. The third kappa shape index (κ3) is 8.66. The molecule has 7 heteroatoms. The molecule has 6 nitrogen and oxygen atoms in total. The lowest BCUT2D eigenvalue weighted by Gasteiger charge is -2.12. The molecular weight excluding hydrogens is 484 g/mol. The van der Waals surface area contributed by atoms with Gasteiger partial charge in [0.2, 0.25) is 0 Å². The molecule has 4 rings (SSSR count). The van der Waals surface area contributed by atoms with Gasteiger partial charge in [0, 0.05) is 23.7 Å². The molecule has 0 saturated carbocycles. The molecule has 37 heavy (non-hydrogen) atoms. The molecule has 0 heterocycles. The van der Waals surface area contributed by atoms with Crippen molar-refractivity contribution in [3.8, 4) is 17.2 Å². The maximum absolute atomic E-state index is 12.7. The molecule has 4 aromatic carbocycles. The van der Waals surface area contributed by atoms with Crippen LogP contribution in [0.15, 0.2) is 109 Å². The standard InChI is InChI=1S/C30H28N2O4S/c33-29(24-11-7-15-27(21-24)34-18-17-23-9-3-1-4-10-23)32-30(37)31-25-12-8-16-28(22-25)36-20-19-35-26-13-5-2-6-14-26/h1-16,21-22H,17-20H2,(H2,31,32,33,37). The number of nitrogens with one attached hydrogen (secondary N) is 2. The number of carbonyl (C=O) groups is 1. The highest BCUT2D eigenvalue weighted by Gasteiger charge is 2.10. The first-order valence-electron chi connectivity index (χ1n) is 12.0. The van der Waals surface area contributed by atoms with Gasteiger partial charge in [0.15, 0.2) is 5.11 Å². The van der Waals surface area contributed by atoms with Crippen molar-refractivity contribution >= 4 is 28.9 Å². The molecular formula is C30H28N2O4S. The smallest absolute Gasteiger partial charge is 0.257 e. The minimum Gasteiger partial charge on any atom is -0.493 e. The maximum atomic E-state index is 12.7. The minimum atomic E-state index is -0.323. The topological polar surface area (TPSA) is 68.8 Å². The highest BCUT2D eigenvalue weighted by Crippen LogP contribution is 2.18. The monoisotopic (exact) mass is 512 g/mol. The van der Waals surface area contributed by atoms with E-state index < -0.39 is 0 Å². The van der Waals surface area contributed by atoms with Crippen molar-refractivity contribution in [1.29, 1.82) is 0 Å². The first kappa shape index (κ1) is 25.7. The van der Waals surface area contributed by atoms with Crippen LogP contribution >= 0.6 is 12.2 Å². The Balaban J connectivity index is 1.22. The number of carbonyl (C=O) groups excluding carboxylic acids is 1. The van der Waals surface area contributed by atoms with Gasteiger partial charge in [0.05, 0.1) is 6.61 Å². The van der Waals surface area contributed by atoms with E-state index in [0.29, 0.717) is 42.6 Å². The second-order valence-corrected chi connectivity index (χ2v) is 8.47. The lowest BCUT2D eigenvalue weighted by Crippen LogP contribution is -2.34. The van der Waals surface area contributed by atoms with E-state index in [4.69, 9.17) is 26.4 Å². The Kier molecular flexibility index (Phi) is 9.49. The Morgan fingerprint density at radius 3 is 2.00 bits per heavy atom. The maximum Gasteiger partial charge on any atom is 0.257 e. The highest BCUT2D eigenvalue weighted by molar-refractivity contribution is 7.80. The first-order chi connectivity index (χ1) is 18.2. The summed E-state index contributed by atoms with van der Waals surface area (Å²) in [5.74, 6) is 1.77. The predicted molar refractivity (Wildman–Crippen MR) is 150 cm³/mol. The number of rotatable bonds is 11. The molecule has 0 atom stereocenters. The molecule has 0 aliphatic rings. The third-order valence-corrected chi connectivity index (χ3v) is 5.49. The summed E-state index contributed by atoms with van der Waals surface area (Å²) in [6.45, 7) is 1.33. The van der Waals surface area contributed by atoms with E-state index in [-0.39, 0.29) is 11.0 Å². The van der Waals surface area contributed by atoms with Crippen LogP contribution in [0.25, 0.3) is 0 Å². The van der Waals surface area contributed by atoms with Crippen molar-refractivity contribution in [1.82, 2.24) is 5.32 Å². The Hall–Kier alpha value is -4.36. The number of hydrogen-bond acceptors (Lipinski definition) is 5. The number of ether oxygens (including phenoxy) is 3. The van der Waals surface area contributed by atoms with Crippen LogP contribution in [-0.4, -0.2) is 30.8 Å². The molecule has 4 aromatic rings. The van der Waals surface area contributed by atoms with Gasteiger partial charge < -0.3 is 19.5 Å². The predicted octanol–water partition coefficient (Wildman–Crippen LogP) is 5.89. The average molecular weight is 513 g/mol. The summed E-state index contributed by atoms with van der Waals surface area (Å²) in [6, 6.07) is 34.1. The normalized spacial score (nSPS) is 10.3. The van der Waals surface area contributed by atoms with Crippen LogP contribution in [0.3, 0.4) is 0 Å². The van der Waals surface area contributed by atoms with E-state index >= 15 is 0 Å². The second-order valence-electron chi connectivity index (χ2n) is 8.06. The van der Waals surface area contributed by atoms with Gasteiger partial charge in [-0.1, -0.05) is 60.7 Å². The van der Waals surface area contributed by atoms with E-state index in [0.717, 1.165) is 12.2 Å². The van der Waals surface area contributed by atoms with Crippen LogP contribution in [0.1, 0.15) is 15.9 Å². The van der Waals surface area contributed by atoms with Gasteiger partial charge in [0.25, 0.3) is 5.91 Å². The summed E-state index contributed by atoms with van der Waals surface area (Å²) in [6.07, 6.45) is 0.786.